The molecule has 0 aliphatic carbocycles. The first-order chi connectivity index (χ1) is 9.26. The molecule has 0 unspecified atom stereocenters. The van der Waals surface area contributed by atoms with Gasteiger partial charge in [-0.25, -0.2) is 0 Å². The summed E-state index contributed by atoms with van der Waals surface area (Å²) in [5.74, 6) is 1.37. The first-order valence-corrected chi connectivity index (χ1v) is 7.97. The lowest BCUT2D eigenvalue weighted by molar-refractivity contribution is -0.132. The highest BCUT2D eigenvalue weighted by atomic mass is 79.9. The number of rotatable bonds is 2. The molecule has 3 nitrogen and oxygen atoms in total. The Bertz CT molecular complexity index is 562. The quantitative estimate of drug-likeness (QED) is 0.349. The first-order valence-electron chi connectivity index (χ1n) is 6.85. The van der Waals surface area contributed by atoms with Crippen LogP contribution in [0.4, 0.5) is 0 Å². The number of hydrogen-bond acceptors (Lipinski definition) is 3. The van der Waals surface area contributed by atoms with E-state index in [2.05, 4.69) is 29.8 Å². The summed E-state index contributed by atoms with van der Waals surface area (Å²) >= 11 is 3.52. The molecule has 1 aromatic rings. The van der Waals surface area contributed by atoms with Crippen LogP contribution in [0, 0.1) is 13.8 Å². The predicted molar refractivity (Wildman–Crippen MR) is 82.9 cm³/mol. The van der Waals surface area contributed by atoms with Crippen molar-refractivity contribution in [3.05, 3.63) is 22.3 Å². The van der Waals surface area contributed by atoms with Gasteiger partial charge < -0.3 is 9.47 Å². The minimum atomic E-state index is -0.285. The largest absolute Gasteiger partial charge is 0.487 e. The summed E-state index contributed by atoms with van der Waals surface area (Å²) in [4.78, 5) is 11.3. The maximum atomic E-state index is 11.3. The number of benzene rings is 1. The van der Waals surface area contributed by atoms with Crippen molar-refractivity contribution in [1.29, 1.82) is 0 Å². The van der Waals surface area contributed by atoms with Crippen molar-refractivity contribution in [2.45, 2.75) is 58.4 Å². The molecule has 0 N–H and O–H groups in total. The van der Waals surface area contributed by atoms with Crippen LogP contribution in [0.5, 0.6) is 11.5 Å². The minimum absolute atomic E-state index is 0.142. The van der Waals surface area contributed by atoms with Crippen molar-refractivity contribution in [3.63, 3.8) is 0 Å². The molecule has 1 aromatic carbocycles. The molecule has 20 heavy (non-hydrogen) atoms. The van der Waals surface area contributed by atoms with E-state index in [0.717, 1.165) is 35.3 Å². The summed E-state index contributed by atoms with van der Waals surface area (Å²) in [6, 6.07) is 0. The van der Waals surface area contributed by atoms with E-state index in [9.17, 15) is 4.79 Å². The van der Waals surface area contributed by atoms with Crippen molar-refractivity contribution in [3.8, 4) is 11.5 Å². The van der Waals surface area contributed by atoms with E-state index in [-0.39, 0.29) is 11.6 Å². The summed E-state index contributed by atoms with van der Waals surface area (Å²) in [5.41, 5.74) is 4.10. The zero-order valence-corrected chi connectivity index (χ0v) is 14.3. The molecule has 0 saturated heterocycles. The number of fused-ring (bicyclic) bond motifs is 1. The first kappa shape index (κ1) is 15.4. The molecule has 0 bridgehead atoms. The topological polar surface area (TPSA) is 35.5 Å². The van der Waals surface area contributed by atoms with Crippen molar-refractivity contribution in [1.82, 2.24) is 0 Å². The van der Waals surface area contributed by atoms with Crippen LogP contribution in [0.1, 0.15) is 49.4 Å². The Morgan fingerprint density at radius 1 is 1.35 bits per heavy atom. The number of hydrogen-bond donors (Lipinski definition) is 0. The van der Waals surface area contributed by atoms with Crippen LogP contribution in [0.25, 0.3) is 0 Å². The van der Waals surface area contributed by atoms with Gasteiger partial charge in [0.25, 0.3) is 0 Å². The summed E-state index contributed by atoms with van der Waals surface area (Å²) < 4.78 is 11.6. The molecule has 0 spiro atoms. The summed E-state index contributed by atoms with van der Waals surface area (Å²) in [5, 5.41) is 0.656. The average molecular weight is 342 g/mol. The van der Waals surface area contributed by atoms with E-state index in [4.69, 9.17) is 9.47 Å². The van der Waals surface area contributed by atoms with Crippen LogP contribution in [-0.4, -0.2) is 11.6 Å². The number of carbonyl (C=O) groups is 1. The molecule has 110 valence electrons. The van der Waals surface area contributed by atoms with Crippen molar-refractivity contribution < 1.29 is 14.3 Å². The molecule has 0 fully saturated rings. The number of halogens is 1. The molecule has 0 amide bonds. The van der Waals surface area contributed by atoms with Crippen LogP contribution >= 0.6 is 15.9 Å². The van der Waals surface area contributed by atoms with E-state index in [1.807, 2.05) is 13.8 Å². The monoisotopic (exact) mass is 341 g/mol. The number of alkyl halides is 1. The van der Waals surface area contributed by atoms with Crippen molar-refractivity contribution >= 4 is 21.9 Å². The lowest BCUT2D eigenvalue weighted by atomic mass is 9.89. The zero-order valence-electron chi connectivity index (χ0n) is 12.7. The average Bonchev–Trinajstić information content (AvgIpc) is 2.35. The lowest BCUT2D eigenvalue weighted by Gasteiger charge is -2.35. The van der Waals surface area contributed by atoms with Gasteiger partial charge in [0.05, 0.1) is 0 Å². The van der Waals surface area contributed by atoms with Gasteiger partial charge in [0.2, 0.25) is 0 Å². The molecular formula is C16H21BrO3. The van der Waals surface area contributed by atoms with Gasteiger partial charge in [0, 0.05) is 23.4 Å². The molecule has 1 heterocycles. The highest BCUT2D eigenvalue weighted by molar-refractivity contribution is 9.08. The second-order valence-corrected chi connectivity index (χ2v) is 6.52. The van der Waals surface area contributed by atoms with Crippen LogP contribution in [0.3, 0.4) is 0 Å². The van der Waals surface area contributed by atoms with Gasteiger partial charge in [0.1, 0.15) is 17.1 Å². The van der Waals surface area contributed by atoms with Crippen molar-refractivity contribution in [2.24, 2.45) is 0 Å². The Kier molecular flexibility index (Phi) is 4.14. The number of carbonyl (C=O) groups excluding carboxylic acids is 1. The zero-order chi connectivity index (χ0) is 15.1. The third-order valence-electron chi connectivity index (χ3n) is 3.89. The van der Waals surface area contributed by atoms with Gasteiger partial charge in [-0.3, -0.25) is 4.79 Å². The molecule has 1 aliphatic rings. The van der Waals surface area contributed by atoms with Gasteiger partial charge in [-0.1, -0.05) is 15.9 Å². The molecule has 1 aliphatic heterocycles. The van der Waals surface area contributed by atoms with E-state index in [1.54, 1.807) is 0 Å². The summed E-state index contributed by atoms with van der Waals surface area (Å²) in [6.07, 6.45) is 1.90. The van der Waals surface area contributed by atoms with Gasteiger partial charge in [0.15, 0.2) is 0 Å². The normalized spacial score (nSPS) is 16.3. The maximum Gasteiger partial charge on any atom is 0.308 e. The molecule has 0 aromatic heterocycles. The highest BCUT2D eigenvalue weighted by Gasteiger charge is 2.32. The van der Waals surface area contributed by atoms with Crippen LogP contribution < -0.4 is 9.47 Å². The second kappa shape index (κ2) is 5.40. The Morgan fingerprint density at radius 3 is 2.55 bits per heavy atom. The second-order valence-electron chi connectivity index (χ2n) is 5.95. The van der Waals surface area contributed by atoms with Crippen molar-refractivity contribution in [2.75, 3.05) is 0 Å². The van der Waals surface area contributed by atoms with Crippen LogP contribution in [0.2, 0.25) is 0 Å². The smallest absolute Gasteiger partial charge is 0.308 e. The van der Waals surface area contributed by atoms with Crippen LogP contribution in [0.15, 0.2) is 0 Å². The molecule has 2 rings (SSSR count). The fourth-order valence-corrected chi connectivity index (χ4v) is 3.24. The highest BCUT2D eigenvalue weighted by Crippen LogP contribution is 2.44. The standard InChI is InChI=1S/C16H21BrO3/c1-9-10(2)15-12(6-7-16(4,5)20-15)13(8-17)14(9)19-11(3)18/h6-8H2,1-5H3/i8+1. The van der Waals surface area contributed by atoms with Gasteiger partial charge in [-0.05, 0) is 51.7 Å². The lowest BCUT2D eigenvalue weighted by Crippen LogP contribution is -2.33. The molecular weight excluding hydrogens is 321 g/mol. The van der Waals surface area contributed by atoms with Gasteiger partial charge >= 0.3 is 5.97 Å². The van der Waals surface area contributed by atoms with E-state index in [1.165, 1.54) is 12.5 Å². The third kappa shape index (κ3) is 2.71. The Morgan fingerprint density at radius 2 is 2.00 bits per heavy atom. The molecule has 0 saturated carbocycles. The maximum absolute atomic E-state index is 11.3. The number of esters is 1. The van der Waals surface area contributed by atoms with E-state index >= 15 is 0 Å². The Hall–Kier alpha value is -1.03. The number of ether oxygens (including phenoxy) is 2. The summed E-state index contributed by atoms with van der Waals surface area (Å²) in [6.45, 7) is 9.66. The molecule has 0 radical (unpaired) electrons. The van der Waals surface area contributed by atoms with E-state index in [0.29, 0.717) is 11.1 Å². The summed E-state index contributed by atoms with van der Waals surface area (Å²) in [7, 11) is 0. The molecule has 0 atom stereocenters. The third-order valence-corrected chi connectivity index (χ3v) is 4.45. The van der Waals surface area contributed by atoms with Gasteiger partial charge in [-0.2, -0.15) is 0 Å². The molecule has 4 heteroatoms. The SMILES string of the molecule is CC(=O)Oc1c(C)c(C)c2c(c1[13CH2]Br)CCC(C)(C)O2. The predicted octanol–water partition coefficient (Wildman–Crippen LogP) is 4.23. The Balaban J connectivity index is 2.65. The minimum Gasteiger partial charge on any atom is -0.487 e. The fourth-order valence-electron chi connectivity index (χ4n) is 2.65. The van der Waals surface area contributed by atoms with E-state index < -0.39 is 0 Å². The van der Waals surface area contributed by atoms with Gasteiger partial charge in [-0.15, -0.1) is 0 Å². The fraction of sp³-hybridized carbons (Fsp3) is 0.562. The van der Waals surface area contributed by atoms with Crippen LogP contribution in [-0.2, 0) is 16.5 Å². The Labute approximate surface area is 128 Å².